The maximum absolute atomic E-state index is 5.47. The van der Waals surface area contributed by atoms with Gasteiger partial charge in [0.25, 0.3) is 0 Å². The van der Waals surface area contributed by atoms with Crippen molar-refractivity contribution in [3.05, 3.63) is 61.6 Å². The van der Waals surface area contributed by atoms with Gasteiger partial charge in [0.15, 0.2) is 0 Å². The molecule has 0 aliphatic heterocycles. The third kappa shape index (κ3) is 3.49. The molecule has 0 fully saturated rings. The van der Waals surface area contributed by atoms with Crippen molar-refractivity contribution < 1.29 is 4.74 Å². The summed E-state index contributed by atoms with van der Waals surface area (Å²) in [5.41, 5.74) is 2.35. The van der Waals surface area contributed by atoms with Crippen LogP contribution in [0.3, 0.4) is 0 Å². The molecule has 4 heteroatoms. The lowest BCUT2D eigenvalue weighted by molar-refractivity contribution is 0.405. The van der Waals surface area contributed by atoms with Gasteiger partial charge < -0.3 is 10.1 Å². The van der Waals surface area contributed by atoms with E-state index in [1.54, 1.807) is 7.11 Å². The average molecular weight is 432 g/mol. The van der Waals surface area contributed by atoms with Crippen molar-refractivity contribution in [2.24, 2.45) is 0 Å². The number of ether oxygens (including phenoxy) is 1. The number of halogens is 2. The zero-order valence-corrected chi connectivity index (χ0v) is 14.5. The molecule has 1 atom stereocenters. The molecule has 0 aliphatic carbocycles. The molecule has 0 saturated carbocycles. The van der Waals surface area contributed by atoms with Crippen molar-refractivity contribution in [2.45, 2.75) is 6.04 Å². The van der Waals surface area contributed by atoms with E-state index in [1.165, 1.54) is 9.13 Å². The summed E-state index contributed by atoms with van der Waals surface area (Å²) in [5.74, 6) is 0.890. The number of benzene rings is 2. The fourth-order valence-electron chi connectivity index (χ4n) is 2.12. The first kappa shape index (κ1) is 14.8. The second-order valence-electron chi connectivity index (χ2n) is 4.16. The molecule has 0 aliphatic rings. The molecule has 0 heterocycles. The number of hydrogen-bond acceptors (Lipinski definition) is 2. The predicted molar refractivity (Wildman–Crippen MR) is 90.8 cm³/mol. The first-order valence-electron chi connectivity index (χ1n) is 5.92. The van der Waals surface area contributed by atoms with Gasteiger partial charge >= 0.3 is 0 Å². The summed E-state index contributed by atoms with van der Waals surface area (Å²) in [5, 5.41) is 3.36. The summed E-state index contributed by atoms with van der Waals surface area (Å²) >= 11 is 5.86. The van der Waals surface area contributed by atoms with Crippen LogP contribution in [0.25, 0.3) is 0 Å². The van der Waals surface area contributed by atoms with Crippen molar-refractivity contribution in [3.8, 4) is 5.75 Å². The van der Waals surface area contributed by atoms with E-state index >= 15 is 0 Å². The Labute approximate surface area is 135 Å². The summed E-state index contributed by atoms with van der Waals surface area (Å²) in [6.45, 7) is 0. The van der Waals surface area contributed by atoms with Crippen LogP contribution in [0.5, 0.6) is 5.75 Å². The molecule has 19 heavy (non-hydrogen) atoms. The lowest BCUT2D eigenvalue weighted by Gasteiger charge is -2.20. The van der Waals surface area contributed by atoms with Crippen LogP contribution >= 0.6 is 38.5 Å². The van der Waals surface area contributed by atoms with Gasteiger partial charge in [-0.3, -0.25) is 0 Å². The van der Waals surface area contributed by atoms with E-state index in [-0.39, 0.29) is 6.04 Å². The van der Waals surface area contributed by atoms with Gasteiger partial charge in [0.1, 0.15) is 5.75 Å². The van der Waals surface area contributed by atoms with Crippen molar-refractivity contribution in [1.29, 1.82) is 0 Å². The normalized spacial score (nSPS) is 12.2. The highest BCUT2D eigenvalue weighted by Gasteiger charge is 2.17. The first-order chi connectivity index (χ1) is 9.15. The minimum atomic E-state index is 0.113. The molecule has 0 saturated heterocycles. The summed E-state index contributed by atoms with van der Waals surface area (Å²) < 4.78 is 7.75. The van der Waals surface area contributed by atoms with Crippen molar-refractivity contribution in [2.75, 3.05) is 14.2 Å². The van der Waals surface area contributed by atoms with E-state index in [4.69, 9.17) is 4.74 Å². The van der Waals surface area contributed by atoms with Gasteiger partial charge in [-0.25, -0.2) is 0 Å². The molecule has 0 bridgehead atoms. The SMILES string of the molecule is CNC(c1cccc(I)c1)c1cc(Br)ccc1OC. The monoisotopic (exact) mass is 431 g/mol. The highest BCUT2D eigenvalue weighted by atomic mass is 127. The molecule has 0 spiro atoms. The topological polar surface area (TPSA) is 21.3 Å². The quantitative estimate of drug-likeness (QED) is 0.725. The molecule has 2 aromatic carbocycles. The molecule has 100 valence electrons. The number of hydrogen-bond donors (Lipinski definition) is 1. The fraction of sp³-hybridized carbons (Fsp3) is 0.200. The van der Waals surface area contributed by atoms with Crippen LogP contribution in [0.15, 0.2) is 46.9 Å². The van der Waals surface area contributed by atoms with Crippen molar-refractivity contribution in [1.82, 2.24) is 5.32 Å². The van der Waals surface area contributed by atoms with E-state index in [9.17, 15) is 0 Å². The Morgan fingerprint density at radius 2 is 2.00 bits per heavy atom. The van der Waals surface area contributed by atoms with Crippen molar-refractivity contribution in [3.63, 3.8) is 0 Å². The minimum Gasteiger partial charge on any atom is -0.496 e. The van der Waals surface area contributed by atoms with Crippen LogP contribution in [0.2, 0.25) is 0 Å². The van der Waals surface area contributed by atoms with Gasteiger partial charge in [-0.1, -0.05) is 28.1 Å². The number of methoxy groups -OCH3 is 1. The maximum atomic E-state index is 5.47. The fourth-order valence-corrected chi connectivity index (χ4v) is 3.06. The number of rotatable bonds is 4. The molecule has 0 amide bonds. The molecular formula is C15H15BrINO. The Hall–Kier alpha value is -0.590. The smallest absolute Gasteiger partial charge is 0.124 e. The van der Waals surface area contributed by atoms with Crippen LogP contribution in [0.1, 0.15) is 17.2 Å². The summed E-state index contributed by atoms with van der Waals surface area (Å²) in [6.07, 6.45) is 0. The van der Waals surface area contributed by atoms with E-state index in [1.807, 2.05) is 19.2 Å². The predicted octanol–water partition coefficient (Wildman–Crippen LogP) is 4.37. The first-order valence-corrected chi connectivity index (χ1v) is 7.79. The molecule has 1 N–H and O–H groups in total. The summed E-state index contributed by atoms with van der Waals surface area (Å²) in [4.78, 5) is 0. The lowest BCUT2D eigenvalue weighted by atomic mass is 9.98. The van der Waals surface area contributed by atoms with Crippen molar-refractivity contribution >= 4 is 38.5 Å². The van der Waals surface area contributed by atoms with Gasteiger partial charge in [0.05, 0.1) is 13.2 Å². The standard InChI is InChI=1S/C15H15BrINO/c1-18-15(10-4-3-5-12(17)8-10)13-9-11(16)6-7-14(13)19-2/h3-9,15,18H,1-2H3. The van der Waals surface area contributed by atoms with Crippen LogP contribution in [-0.2, 0) is 0 Å². The molecule has 2 nitrogen and oxygen atoms in total. The highest BCUT2D eigenvalue weighted by molar-refractivity contribution is 14.1. The van der Waals surface area contributed by atoms with Gasteiger partial charge in [0.2, 0.25) is 0 Å². The van der Waals surface area contributed by atoms with Crippen LogP contribution in [0.4, 0.5) is 0 Å². The largest absolute Gasteiger partial charge is 0.496 e. The summed E-state index contributed by atoms with van der Waals surface area (Å²) in [7, 11) is 3.67. The van der Waals surface area contributed by atoms with Crippen LogP contribution in [-0.4, -0.2) is 14.2 Å². The lowest BCUT2D eigenvalue weighted by Crippen LogP contribution is -2.18. The van der Waals surface area contributed by atoms with Gasteiger partial charge in [-0.15, -0.1) is 0 Å². The highest BCUT2D eigenvalue weighted by Crippen LogP contribution is 2.32. The molecule has 1 unspecified atom stereocenters. The maximum Gasteiger partial charge on any atom is 0.124 e. The Kier molecular flexibility index (Phi) is 5.24. The molecule has 2 rings (SSSR count). The Bertz CT molecular complexity index is 574. The van der Waals surface area contributed by atoms with E-state index in [0.717, 1.165) is 15.8 Å². The van der Waals surface area contributed by atoms with E-state index in [2.05, 4.69) is 74.2 Å². The Morgan fingerprint density at radius 1 is 1.21 bits per heavy atom. The van der Waals surface area contributed by atoms with Gasteiger partial charge in [-0.05, 0) is 65.5 Å². The van der Waals surface area contributed by atoms with Gasteiger partial charge in [-0.2, -0.15) is 0 Å². The van der Waals surface area contributed by atoms with Crippen LogP contribution in [0, 0.1) is 3.57 Å². The van der Waals surface area contributed by atoms with Gasteiger partial charge in [0, 0.05) is 13.6 Å². The molecule has 0 radical (unpaired) electrons. The van der Waals surface area contributed by atoms with Crippen LogP contribution < -0.4 is 10.1 Å². The third-order valence-corrected chi connectivity index (χ3v) is 4.14. The number of nitrogens with one attached hydrogen (secondary N) is 1. The second kappa shape index (κ2) is 6.72. The summed E-state index contributed by atoms with van der Waals surface area (Å²) in [6, 6.07) is 14.7. The zero-order valence-electron chi connectivity index (χ0n) is 10.8. The second-order valence-corrected chi connectivity index (χ2v) is 6.32. The molecular weight excluding hydrogens is 417 g/mol. The Balaban J connectivity index is 2.50. The zero-order chi connectivity index (χ0) is 13.8. The third-order valence-electron chi connectivity index (χ3n) is 2.97. The van der Waals surface area contributed by atoms with E-state index < -0.39 is 0 Å². The molecule has 2 aromatic rings. The minimum absolute atomic E-state index is 0.113. The Morgan fingerprint density at radius 3 is 2.63 bits per heavy atom. The molecule has 0 aromatic heterocycles. The average Bonchev–Trinajstić information content (AvgIpc) is 2.40. The van der Waals surface area contributed by atoms with E-state index in [0.29, 0.717) is 0 Å².